The normalized spacial score (nSPS) is 14.3. The lowest BCUT2D eigenvalue weighted by Crippen LogP contribution is -2.29. The van der Waals surface area contributed by atoms with Crippen molar-refractivity contribution in [2.24, 2.45) is 0 Å². The molecule has 6 heteroatoms. The van der Waals surface area contributed by atoms with Crippen molar-refractivity contribution in [1.82, 2.24) is 15.1 Å². The maximum Gasteiger partial charge on any atom is 0.146 e. The van der Waals surface area contributed by atoms with E-state index in [1.165, 1.54) is 45.0 Å². The van der Waals surface area contributed by atoms with Gasteiger partial charge in [0.05, 0.1) is 17.3 Å². The van der Waals surface area contributed by atoms with E-state index in [-0.39, 0.29) is 5.75 Å². The van der Waals surface area contributed by atoms with Gasteiger partial charge in [0, 0.05) is 5.56 Å². The van der Waals surface area contributed by atoms with Gasteiger partial charge in [0.25, 0.3) is 0 Å². The number of nitrogens with two attached hydrogens (primary N) is 1. The number of nitriles is 1. The third-order valence-corrected chi connectivity index (χ3v) is 4.28. The van der Waals surface area contributed by atoms with E-state index in [4.69, 9.17) is 11.0 Å². The summed E-state index contributed by atoms with van der Waals surface area (Å²) in [5, 5.41) is 26.2. The van der Waals surface area contributed by atoms with Gasteiger partial charge in [-0.05, 0) is 69.2 Å². The highest BCUT2D eigenvalue weighted by Crippen LogP contribution is 2.30. The van der Waals surface area contributed by atoms with E-state index in [9.17, 15) is 5.11 Å². The summed E-state index contributed by atoms with van der Waals surface area (Å²) in [6.45, 7) is 8.01. The number of aromatic nitrogens is 2. The molecule has 1 fully saturated rings. The maximum absolute atomic E-state index is 9.82. The summed E-state index contributed by atoms with van der Waals surface area (Å²) in [6.07, 6.45) is 4.30. The number of aryl methyl sites for hydroxylation is 1. The first-order chi connectivity index (χ1) is 12.0. The quantitative estimate of drug-likeness (QED) is 0.872. The van der Waals surface area contributed by atoms with Crippen LogP contribution in [0.1, 0.15) is 37.3 Å². The zero-order valence-electron chi connectivity index (χ0n) is 14.9. The van der Waals surface area contributed by atoms with E-state index < -0.39 is 0 Å². The Balaban J connectivity index is 0.000000236. The third kappa shape index (κ3) is 5.16. The van der Waals surface area contributed by atoms with Crippen LogP contribution in [0.3, 0.4) is 0 Å². The van der Waals surface area contributed by atoms with E-state index in [1.54, 1.807) is 18.2 Å². The van der Waals surface area contributed by atoms with Crippen LogP contribution in [0, 0.1) is 18.3 Å². The van der Waals surface area contributed by atoms with Crippen molar-refractivity contribution in [2.75, 3.05) is 25.4 Å². The van der Waals surface area contributed by atoms with Crippen LogP contribution in [-0.2, 0) is 0 Å². The molecule has 0 bridgehead atoms. The Labute approximate surface area is 148 Å². The van der Waals surface area contributed by atoms with Crippen molar-refractivity contribution >= 4 is 5.82 Å². The van der Waals surface area contributed by atoms with Crippen molar-refractivity contribution in [3.05, 3.63) is 35.4 Å². The summed E-state index contributed by atoms with van der Waals surface area (Å²) in [6, 6.07) is 8.29. The molecule has 2 heterocycles. The molecule has 0 spiro atoms. The molecule has 1 aliphatic rings. The molecular weight excluding hydrogens is 314 g/mol. The minimum absolute atomic E-state index is 0.00576. The highest BCUT2D eigenvalue weighted by molar-refractivity contribution is 5.70. The standard InChI is InChI=1S/C12H10N4O.C7H15N/c1-7-4-11(14)15-16-12(7)9-3-2-8(6-13)5-10(9)17;1-2-8-6-4-3-5-7-8/h2-5,17H,1H3,(H2,14,15);2-7H2,1H3. The van der Waals surface area contributed by atoms with Gasteiger partial charge in [-0.25, -0.2) is 0 Å². The van der Waals surface area contributed by atoms with E-state index in [1.807, 2.05) is 13.0 Å². The number of phenols is 1. The fourth-order valence-corrected chi connectivity index (χ4v) is 2.85. The third-order valence-electron chi connectivity index (χ3n) is 4.28. The van der Waals surface area contributed by atoms with Gasteiger partial charge < -0.3 is 15.7 Å². The number of phenolic OH excluding ortho intramolecular Hbond substituents is 1. The van der Waals surface area contributed by atoms with E-state index >= 15 is 0 Å². The number of piperidine rings is 1. The number of benzene rings is 1. The lowest BCUT2D eigenvalue weighted by Gasteiger charge is -2.24. The summed E-state index contributed by atoms with van der Waals surface area (Å²) in [5.74, 6) is 0.339. The highest BCUT2D eigenvalue weighted by Gasteiger charge is 2.10. The molecule has 25 heavy (non-hydrogen) atoms. The van der Waals surface area contributed by atoms with E-state index in [0.29, 0.717) is 22.6 Å². The van der Waals surface area contributed by atoms with Gasteiger partial charge in [-0.3, -0.25) is 0 Å². The van der Waals surface area contributed by atoms with Gasteiger partial charge in [-0.15, -0.1) is 10.2 Å². The molecule has 0 amide bonds. The fourth-order valence-electron chi connectivity index (χ4n) is 2.85. The molecule has 3 N–H and O–H groups in total. The Hall–Kier alpha value is -2.65. The zero-order valence-corrected chi connectivity index (χ0v) is 14.9. The Morgan fingerprint density at radius 3 is 2.44 bits per heavy atom. The maximum atomic E-state index is 9.82. The number of nitrogen functional groups attached to an aromatic ring is 1. The van der Waals surface area contributed by atoms with Crippen molar-refractivity contribution in [3.63, 3.8) is 0 Å². The predicted molar refractivity (Wildman–Crippen MR) is 99.0 cm³/mol. The molecule has 0 aliphatic carbocycles. The van der Waals surface area contributed by atoms with Gasteiger partial charge >= 0.3 is 0 Å². The summed E-state index contributed by atoms with van der Waals surface area (Å²) in [5.41, 5.74) is 7.82. The molecule has 2 aromatic rings. The average molecular weight is 339 g/mol. The van der Waals surface area contributed by atoms with Crippen LogP contribution in [0.15, 0.2) is 24.3 Å². The van der Waals surface area contributed by atoms with E-state index in [0.717, 1.165) is 5.56 Å². The van der Waals surface area contributed by atoms with Gasteiger partial charge in [0.15, 0.2) is 0 Å². The summed E-state index contributed by atoms with van der Waals surface area (Å²) in [4.78, 5) is 2.52. The number of likely N-dealkylation sites (tertiary alicyclic amines) is 1. The largest absolute Gasteiger partial charge is 0.507 e. The molecule has 132 valence electrons. The second-order valence-corrected chi connectivity index (χ2v) is 6.14. The van der Waals surface area contributed by atoms with Gasteiger partial charge in [-0.2, -0.15) is 5.26 Å². The second-order valence-electron chi connectivity index (χ2n) is 6.14. The molecule has 1 aliphatic heterocycles. The van der Waals surface area contributed by atoms with Crippen LogP contribution in [0.4, 0.5) is 5.82 Å². The Bertz CT molecular complexity index is 748. The number of aromatic hydroxyl groups is 1. The lowest BCUT2D eigenvalue weighted by atomic mass is 10.0. The highest BCUT2D eigenvalue weighted by atomic mass is 16.3. The van der Waals surface area contributed by atoms with Crippen LogP contribution in [-0.4, -0.2) is 39.8 Å². The zero-order chi connectivity index (χ0) is 18.2. The lowest BCUT2D eigenvalue weighted by molar-refractivity contribution is 0.240. The number of anilines is 1. The smallest absolute Gasteiger partial charge is 0.146 e. The Kier molecular flexibility index (Phi) is 6.72. The molecule has 0 saturated carbocycles. The number of nitrogens with zero attached hydrogens (tertiary/aromatic N) is 4. The molecule has 1 aromatic heterocycles. The molecule has 0 atom stereocenters. The fraction of sp³-hybridized carbons (Fsp3) is 0.421. The Morgan fingerprint density at radius 1 is 1.20 bits per heavy atom. The first-order valence-electron chi connectivity index (χ1n) is 8.60. The number of rotatable bonds is 2. The van der Waals surface area contributed by atoms with Gasteiger partial charge in [0.1, 0.15) is 11.6 Å². The van der Waals surface area contributed by atoms with Crippen molar-refractivity contribution in [3.8, 4) is 23.1 Å². The number of hydrogen-bond acceptors (Lipinski definition) is 6. The first kappa shape index (κ1) is 18.7. The van der Waals surface area contributed by atoms with Gasteiger partial charge in [0.2, 0.25) is 0 Å². The molecule has 6 nitrogen and oxygen atoms in total. The predicted octanol–water partition coefficient (Wildman–Crippen LogP) is 3.10. The average Bonchev–Trinajstić information content (AvgIpc) is 2.63. The SMILES string of the molecule is CCN1CCCCC1.Cc1cc(N)nnc1-c1ccc(C#N)cc1O. The van der Waals surface area contributed by atoms with Crippen molar-refractivity contribution < 1.29 is 5.11 Å². The topological polar surface area (TPSA) is 99.1 Å². The Morgan fingerprint density at radius 2 is 1.92 bits per heavy atom. The summed E-state index contributed by atoms with van der Waals surface area (Å²) in [7, 11) is 0. The molecule has 3 rings (SSSR count). The van der Waals surface area contributed by atoms with Crippen LogP contribution < -0.4 is 5.73 Å². The van der Waals surface area contributed by atoms with Crippen LogP contribution in [0.25, 0.3) is 11.3 Å². The van der Waals surface area contributed by atoms with Crippen LogP contribution in [0.5, 0.6) is 5.75 Å². The molecule has 1 aromatic carbocycles. The molecule has 0 unspecified atom stereocenters. The second kappa shape index (κ2) is 9.00. The van der Waals surface area contributed by atoms with Crippen LogP contribution >= 0.6 is 0 Å². The molecule has 1 saturated heterocycles. The molecule has 0 radical (unpaired) electrons. The first-order valence-corrected chi connectivity index (χ1v) is 8.60. The van der Waals surface area contributed by atoms with E-state index in [2.05, 4.69) is 22.0 Å². The minimum Gasteiger partial charge on any atom is -0.507 e. The number of hydrogen-bond donors (Lipinski definition) is 2. The van der Waals surface area contributed by atoms with Crippen LogP contribution in [0.2, 0.25) is 0 Å². The van der Waals surface area contributed by atoms with Crippen molar-refractivity contribution in [1.29, 1.82) is 5.26 Å². The summed E-state index contributed by atoms with van der Waals surface area (Å²) >= 11 is 0. The minimum atomic E-state index is 0.00576. The molecular formula is C19H25N5O. The van der Waals surface area contributed by atoms with Gasteiger partial charge in [-0.1, -0.05) is 13.3 Å². The van der Waals surface area contributed by atoms with Crippen molar-refractivity contribution in [2.45, 2.75) is 33.1 Å². The monoisotopic (exact) mass is 339 g/mol. The summed E-state index contributed by atoms with van der Waals surface area (Å²) < 4.78 is 0.